The molecule has 0 heterocycles. The highest BCUT2D eigenvalue weighted by atomic mass is 14.9. The average molecular weight is 203 g/mol. The van der Waals surface area contributed by atoms with Gasteiger partial charge >= 0.3 is 0 Å². The van der Waals surface area contributed by atoms with E-state index >= 15 is 0 Å². The van der Waals surface area contributed by atoms with Gasteiger partial charge in [-0.1, -0.05) is 37.3 Å². The predicted molar refractivity (Wildman–Crippen MR) is 65.0 cm³/mol. The Balaban J connectivity index is 1.78. The largest absolute Gasteiger partial charge is 0.313 e. The van der Waals surface area contributed by atoms with Crippen LogP contribution in [-0.4, -0.2) is 12.6 Å². The van der Waals surface area contributed by atoms with Gasteiger partial charge in [0.25, 0.3) is 0 Å². The van der Waals surface area contributed by atoms with Crippen molar-refractivity contribution in [2.75, 3.05) is 6.54 Å². The van der Waals surface area contributed by atoms with Crippen LogP contribution >= 0.6 is 0 Å². The fraction of sp³-hybridized carbons (Fsp3) is 0.571. The first-order chi connectivity index (χ1) is 7.38. The van der Waals surface area contributed by atoms with Crippen molar-refractivity contribution in [2.24, 2.45) is 5.92 Å². The van der Waals surface area contributed by atoms with Crippen molar-refractivity contribution in [1.29, 1.82) is 0 Å². The molecule has 1 aromatic carbocycles. The van der Waals surface area contributed by atoms with E-state index in [9.17, 15) is 0 Å². The molecule has 1 fully saturated rings. The summed E-state index contributed by atoms with van der Waals surface area (Å²) in [6.07, 6.45) is 5.27. The predicted octanol–water partition coefficient (Wildman–Crippen LogP) is 3.01. The maximum absolute atomic E-state index is 3.68. The smallest absolute Gasteiger partial charge is 0.0105 e. The van der Waals surface area contributed by atoms with E-state index in [1.165, 1.54) is 37.8 Å². The van der Waals surface area contributed by atoms with E-state index < -0.39 is 0 Å². The van der Waals surface area contributed by atoms with E-state index in [1.54, 1.807) is 0 Å². The second-order valence-corrected chi connectivity index (χ2v) is 4.65. The summed E-state index contributed by atoms with van der Waals surface area (Å²) in [6.45, 7) is 3.50. The molecule has 0 radical (unpaired) electrons. The number of benzene rings is 1. The van der Waals surface area contributed by atoms with Crippen LogP contribution < -0.4 is 5.32 Å². The highest BCUT2D eigenvalue weighted by Gasteiger charge is 2.21. The molecule has 1 N–H and O–H groups in total. The van der Waals surface area contributed by atoms with E-state index in [4.69, 9.17) is 0 Å². The third-order valence-electron chi connectivity index (χ3n) is 3.21. The maximum Gasteiger partial charge on any atom is 0.0105 e. The van der Waals surface area contributed by atoms with E-state index in [0.29, 0.717) is 6.04 Å². The van der Waals surface area contributed by atoms with Gasteiger partial charge in [-0.3, -0.25) is 0 Å². The molecule has 2 rings (SSSR count). The molecule has 1 aliphatic carbocycles. The zero-order valence-corrected chi connectivity index (χ0v) is 9.58. The third kappa shape index (κ3) is 3.67. The maximum atomic E-state index is 3.68. The molecular weight excluding hydrogens is 182 g/mol. The van der Waals surface area contributed by atoms with Gasteiger partial charge in [0, 0.05) is 6.04 Å². The number of rotatable bonds is 6. The molecule has 1 aromatic rings. The number of nitrogens with one attached hydrogen (secondary N) is 1. The van der Waals surface area contributed by atoms with Crippen LogP contribution in [0.15, 0.2) is 30.3 Å². The van der Waals surface area contributed by atoms with E-state index in [1.807, 2.05) is 0 Å². The third-order valence-corrected chi connectivity index (χ3v) is 3.21. The van der Waals surface area contributed by atoms with Gasteiger partial charge in [0.05, 0.1) is 0 Å². The van der Waals surface area contributed by atoms with Crippen LogP contribution in [0.4, 0.5) is 0 Å². The lowest BCUT2D eigenvalue weighted by Crippen LogP contribution is -2.32. The molecule has 1 saturated carbocycles. The first-order valence-electron chi connectivity index (χ1n) is 6.15. The Morgan fingerprint density at radius 1 is 1.27 bits per heavy atom. The van der Waals surface area contributed by atoms with Gasteiger partial charge in [0.1, 0.15) is 0 Å². The van der Waals surface area contributed by atoms with Crippen molar-refractivity contribution in [1.82, 2.24) is 5.32 Å². The Labute approximate surface area is 92.9 Å². The molecule has 0 spiro atoms. The molecule has 1 nitrogen and oxygen atoms in total. The summed E-state index contributed by atoms with van der Waals surface area (Å²) in [4.78, 5) is 0. The van der Waals surface area contributed by atoms with Crippen molar-refractivity contribution in [2.45, 2.75) is 38.6 Å². The lowest BCUT2D eigenvalue weighted by molar-refractivity contribution is 0.481. The van der Waals surface area contributed by atoms with Crippen LogP contribution in [0.3, 0.4) is 0 Å². The summed E-state index contributed by atoms with van der Waals surface area (Å²) in [5.74, 6) is 0.981. The Kier molecular flexibility index (Phi) is 3.79. The fourth-order valence-electron chi connectivity index (χ4n) is 1.91. The molecule has 0 amide bonds. The second kappa shape index (κ2) is 5.32. The quantitative estimate of drug-likeness (QED) is 0.749. The van der Waals surface area contributed by atoms with Gasteiger partial charge < -0.3 is 5.32 Å². The lowest BCUT2D eigenvalue weighted by Gasteiger charge is -2.16. The summed E-state index contributed by atoms with van der Waals surface area (Å²) in [5.41, 5.74) is 1.45. The van der Waals surface area contributed by atoms with Crippen molar-refractivity contribution < 1.29 is 0 Å². The first-order valence-corrected chi connectivity index (χ1v) is 6.15. The minimum atomic E-state index is 0.660. The molecule has 0 aromatic heterocycles. The zero-order chi connectivity index (χ0) is 10.5. The van der Waals surface area contributed by atoms with Crippen molar-refractivity contribution >= 4 is 0 Å². The Hall–Kier alpha value is -0.820. The molecular formula is C14H21N. The van der Waals surface area contributed by atoms with Crippen LogP contribution in [-0.2, 0) is 6.42 Å². The minimum absolute atomic E-state index is 0.660. The summed E-state index contributed by atoms with van der Waals surface area (Å²) in [6, 6.07) is 11.4. The lowest BCUT2D eigenvalue weighted by atomic mass is 10.0. The topological polar surface area (TPSA) is 12.0 Å². The number of hydrogen-bond acceptors (Lipinski definition) is 1. The second-order valence-electron chi connectivity index (χ2n) is 4.65. The highest BCUT2D eigenvalue weighted by Crippen LogP contribution is 2.27. The van der Waals surface area contributed by atoms with Crippen LogP contribution in [0.5, 0.6) is 0 Å². The average Bonchev–Trinajstić information content (AvgIpc) is 3.09. The Bertz CT molecular complexity index is 277. The van der Waals surface area contributed by atoms with E-state index in [-0.39, 0.29) is 0 Å². The van der Waals surface area contributed by atoms with E-state index in [0.717, 1.165) is 5.92 Å². The van der Waals surface area contributed by atoms with Crippen LogP contribution in [0, 0.1) is 5.92 Å². The Morgan fingerprint density at radius 3 is 2.60 bits per heavy atom. The van der Waals surface area contributed by atoms with Crippen molar-refractivity contribution in [3.8, 4) is 0 Å². The van der Waals surface area contributed by atoms with Gasteiger partial charge in [-0.05, 0) is 43.7 Å². The van der Waals surface area contributed by atoms with Crippen LogP contribution in [0.25, 0.3) is 0 Å². The molecule has 82 valence electrons. The van der Waals surface area contributed by atoms with Crippen LogP contribution in [0.1, 0.15) is 31.7 Å². The normalized spacial score (nSPS) is 17.7. The monoisotopic (exact) mass is 203 g/mol. The van der Waals surface area contributed by atoms with Gasteiger partial charge in [-0.25, -0.2) is 0 Å². The van der Waals surface area contributed by atoms with Crippen molar-refractivity contribution in [3.05, 3.63) is 35.9 Å². The first kappa shape index (κ1) is 10.7. The summed E-state index contributed by atoms with van der Waals surface area (Å²) >= 11 is 0. The molecule has 15 heavy (non-hydrogen) atoms. The molecule has 1 atom stereocenters. The molecule has 1 heteroatoms. The molecule has 0 aliphatic heterocycles. The van der Waals surface area contributed by atoms with E-state index in [2.05, 4.69) is 42.6 Å². The molecule has 0 bridgehead atoms. The molecule has 0 saturated heterocycles. The summed E-state index contributed by atoms with van der Waals surface area (Å²) in [7, 11) is 0. The van der Waals surface area contributed by atoms with Crippen LogP contribution in [0.2, 0.25) is 0 Å². The fourth-order valence-corrected chi connectivity index (χ4v) is 1.91. The Morgan fingerprint density at radius 2 is 2.00 bits per heavy atom. The standard InChI is InChI=1S/C14H21N/c1-2-14(15-11-13-8-9-13)10-12-6-4-3-5-7-12/h3-7,13-15H,2,8-11H2,1H3/t14-/m1/s1. The number of hydrogen-bond donors (Lipinski definition) is 1. The SMILES string of the molecule is CC[C@H](Cc1ccccc1)NCC1CC1. The van der Waals surface area contributed by atoms with Gasteiger partial charge in [-0.15, -0.1) is 0 Å². The van der Waals surface area contributed by atoms with Gasteiger partial charge in [0.2, 0.25) is 0 Å². The molecule has 0 unspecified atom stereocenters. The van der Waals surface area contributed by atoms with Gasteiger partial charge in [-0.2, -0.15) is 0 Å². The highest BCUT2D eigenvalue weighted by molar-refractivity contribution is 5.15. The summed E-state index contributed by atoms with van der Waals surface area (Å²) < 4.78 is 0. The van der Waals surface area contributed by atoms with Crippen molar-refractivity contribution in [3.63, 3.8) is 0 Å². The van der Waals surface area contributed by atoms with Gasteiger partial charge in [0.15, 0.2) is 0 Å². The summed E-state index contributed by atoms with van der Waals surface area (Å²) in [5, 5.41) is 3.68. The minimum Gasteiger partial charge on any atom is -0.313 e. The molecule has 1 aliphatic rings. The zero-order valence-electron chi connectivity index (χ0n) is 9.58.